The van der Waals surface area contributed by atoms with E-state index in [0.717, 1.165) is 35.5 Å². The SMILES string of the molecule is COC(=O)C(CSC1CC(SCC(NC(=O)OC(C)(C)C)C(=O)OC)C(SCC(NC(=O)OC(C)(C)C)C(=O)OC)CC(SCC(NC(=O)OC(C)(C)C)C(=O)OC)C(SCC(NC(=O)OC(C)(C)C)C(=O)OC)CCCC1SCC(NC(=O)OC(C)(C)C)C(=O)OC)NC(=O)CC(C)(C)C. The zero-order chi connectivity index (χ0) is 77.6. The Morgan fingerprint density at radius 1 is 0.297 bits per heavy atom. The van der Waals surface area contributed by atoms with Crippen molar-refractivity contribution in [3.63, 3.8) is 0 Å². The highest BCUT2D eigenvalue weighted by Gasteiger charge is 2.42. The first-order chi connectivity index (χ1) is 46.4. The Morgan fingerprint density at radius 3 is 0.653 bits per heavy atom. The third-order valence-corrected chi connectivity index (χ3v) is 22.9. The lowest BCUT2D eigenvalue weighted by atomic mass is 9.92. The highest BCUT2D eigenvalue weighted by Crippen LogP contribution is 2.45. The molecule has 1 aliphatic rings. The molecule has 12 unspecified atom stereocenters. The number of carbonyl (C=O) groups is 12. The van der Waals surface area contributed by atoms with Crippen molar-refractivity contribution in [2.75, 3.05) is 77.2 Å². The van der Waals surface area contributed by atoms with Crippen molar-refractivity contribution in [3.05, 3.63) is 0 Å². The van der Waals surface area contributed by atoms with Gasteiger partial charge in [-0.3, -0.25) is 4.79 Å². The van der Waals surface area contributed by atoms with Crippen LogP contribution >= 0.6 is 70.6 Å². The van der Waals surface area contributed by atoms with Crippen LogP contribution in [0, 0.1) is 5.41 Å². The van der Waals surface area contributed by atoms with E-state index in [9.17, 15) is 57.5 Å². The van der Waals surface area contributed by atoms with Gasteiger partial charge in [-0.15, -0.1) is 0 Å². The topological polar surface area (TPSA) is 379 Å². The summed E-state index contributed by atoms with van der Waals surface area (Å²) in [5, 5.41) is 12.0. The molecule has 0 bridgehead atoms. The van der Waals surface area contributed by atoms with Crippen LogP contribution in [-0.4, -0.2) is 245 Å². The number of rotatable bonds is 31. The molecule has 12 atom stereocenters. The average Bonchev–Trinajstić information content (AvgIpc) is 1.82. The van der Waals surface area contributed by atoms with E-state index in [1.807, 2.05) is 20.8 Å². The zero-order valence-electron chi connectivity index (χ0n) is 63.3. The van der Waals surface area contributed by atoms with Crippen LogP contribution in [0.15, 0.2) is 0 Å². The lowest BCUT2D eigenvalue weighted by molar-refractivity contribution is -0.144. The van der Waals surface area contributed by atoms with Crippen molar-refractivity contribution in [1.82, 2.24) is 31.9 Å². The van der Waals surface area contributed by atoms with Gasteiger partial charge in [-0.1, -0.05) is 27.2 Å². The summed E-state index contributed by atoms with van der Waals surface area (Å²) >= 11 is 7.52. The van der Waals surface area contributed by atoms with Crippen LogP contribution < -0.4 is 31.9 Å². The van der Waals surface area contributed by atoms with E-state index in [4.69, 9.17) is 52.1 Å². The minimum atomic E-state index is -1.39. The van der Waals surface area contributed by atoms with Gasteiger partial charge in [-0.2, -0.15) is 70.6 Å². The number of ether oxygens (including phenoxy) is 11. The highest BCUT2D eigenvalue weighted by molar-refractivity contribution is 8.05. The zero-order valence-corrected chi connectivity index (χ0v) is 68.2. The molecule has 1 saturated carbocycles. The van der Waals surface area contributed by atoms with Crippen molar-refractivity contribution in [2.24, 2.45) is 5.41 Å². The normalized spacial score (nSPS) is 19.6. The number of thioether (sulfide) groups is 6. The molecule has 35 heteroatoms. The minimum Gasteiger partial charge on any atom is -0.467 e. The first kappa shape index (κ1) is 93.8. The van der Waals surface area contributed by atoms with E-state index >= 15 is 0 Å². The van der Waals surface area contributed by atoms with Gasteiger partial charge in [-0.05, 0) is 135 Å². The van der Waals surface area contributed by atoms with Gasteiger partial charge in [0.2, 0.25) is 5.91 Å². The molecule has 0 aromatic heterocycles. The largest absolute Gasteiger partial charge is 0.467 e. The summed E-state index contributed by atoms with van der Waals surface area (Å²) in [4.78, 5) is 165. The number of esters is 6. The maximum atomic E-state index is 14.0. The lowest BCUT2D eigenvalue weighted by Crippen LogP contribution is -2.47. The molecular formula is C66H114N6O23S6. The lowest BCUT2D eigenvalue weighted by Gasteiger charge is -2.36. The van der Waals surface area contributed by atoms with Gasteiger partial charge < -0.3 is 84.0 Å². The summed E-state index contributed by atoms with van der Waals surface area (Å²) in [7, 11) is 6.95. The molecule has 0 heterocycles. The maximum Gasteiger partial charge on any atom is 0.408 e. The van der Waals surface area contributed by atoms with E-state index in [2.05, 4.69) is 31.9 Å². The molecule has 0 radical (unpaired) electrons. The van der Waals surface area contributed by atoms with Crippen LogP contribution in [0.5, 0.6) is 0 Å². The number of alkyl carbamates (subject to hydrolysis) is 5. The predicted octanol–water partition coefficient (Wildman–Crippen LogP) is 8.99. The Hall–Kier alpha value is -5.26. The maximum absolute atomic E-state index is 14.0. The van der Waals surface area contributed by atoms with Crippen molar-refractivity contribution >= 4 is 143 Å². The van der Waals surface area contributed by atoms with E-state index < -0.39 is 173 Å². The third kappa shape index (κ3) is 41.1. The van der Waals surface area contributed by atoms with Crippen LogP contribution in [0.4, 0.5) is 24.0 Å². The monoisotopic (exact) mass is 1550 g/mol. The molecule has 6 N–H and O–H groups in total. The molecule has 1 rings (SSSR count). The molecule has 0 spiro atoms. The van der Waals surface area contributed by atoms with E-state index in [-0.39, 0.29) is 60.2 Å². The van der Waals surface area contributed by atoms with Gasteiger partial charge in [0.1, 0.15) is 64.3 Å². The van der Waals surface area contributed by atoms with Gasteiger partial charge in [0.05, 0.1) is 42.7 Å². The Morgan fingerprint density at radius 2 is 0.475 bits per heavy atom. The third-order valence-electron chi connectivity index (χ3n) is 13.4. The number of hydrogen-bond donors (Lipinski definition) is 6. The van der Waals surface area contributed by atoms with Gasteiger partial charge in [0, 0.05) is 72.4 Å². The molecule has 0 aromatic carbocycles. The number of amides is 6. The molecular weight excluding hydrogens is 1440 g/mol. The summed E-state index contributed by atoms with van der Waals surface area (Å²) in [5.74, 6) is -6.32. The molecule has 582 valence electrons. The summed E-state index contributed by atoms with van der Waals surface area (Å²) in [5.41, 5.74) is -5.49. The van der Waals surface area contributed by atoms with E-state index in [1.165, 1.54) is 77.7 Å². The Kier molecular flexibility index (Phi) is 40.7. The fraction of sp³-hybridized carbons (Fsp3) is 0.818. The van der Waals surface area contributed by atoms with Crippen molar-refractivity contribution in [2.45, 2.75) is 259 Å². The van der Waals surface area contributed by atoms with Gasteiger partial charge in [0.25, 0.3) is 0 Å². The van der Waals surface area contributed by atoms with E-state index in [1.54, 1.807) is 104 Å². The minimum absolute atomic E-state index is 0.0333. The van der Waals surface area contributed by atoms with Crippen molar-refractivity contribution < 1.29 is 110 Å². The van der Waals surface area contributed by atoms with Crippen LogP contribution in [0.25, 0.3) is 0 Å². The average molecular weight is 1550 g/mol. The molecule has 0 aliphatic heterocycles. The molecule has 1 fully saturated rings. The summed E-state index contributed by atoms with van der Waals surface area (Å²) in [6.45, 7) is 30.3. The standard InChI is InChI=1S/C66H114N6O23S6/c1-61(2,3)30-49(73)67-37(50(74)85-19)31-98-45-28-47(100-35-41(54(78)89-23)71-59(83)94-65(13,14)15)48(101-36-42(55(79)90-24)72-60(84)95-66(16,17)18)29-46(99-34-40(53(77)88-22)70-58(82)93-64(10,11)12)44(97-33-39(52(76)87-21)69-57(81)92-63(7,8)9)27-25-26-43(45)96-32-38(51(75)86-20)68-56(80)91-62(4,5)6/h37-48H,25-36H2,1-24H3,(H,67,73)(H,68,80)(H,69,81)(H,70,82)(H,71,83)(H,72,84). The molecule has 0 aromatic rings. The Labute approximate surface area is 622 Å². The number of nitrogens with one attached hydrogen (secondary N) is 6. The van der Waals surface area contributed by atoms with Gasteiger partial charge in [-0.25, -0.2) is 52.7 Å². The fourth-order valence-electron chi connectivity index (χ4n) is 9.20. The summed E-state index contributed by atoms with van der Waals surface area (Å²) in [6, 6.07) is -7.98. The second kappa shape index (κ2) is 43.9. The second-order valence-corrected chi connectivity index (χ2v) is 37.3. The van der Waals surface area contributed by atoms with E-state index in [0.29, 0.717) is 12.8 Å². The van der Waals surface area contributed by atoms with Crippen LogP contribution in [0.2, 0.25) is 0 Å². The second-order valence-electron chi connectivity index (χ2n) is 29.6. The Bertz CT molecular complexity index is 2530. The molecule has 0 saturated heterocycles. The van der Waals surface area contributed by atoms with Gasteiger partial charge in [0.15, 0.2) is 0 Å². The van der Waals surface area contributed by atoms with Crippen LogP contribution in [0.3, 0.4) is 0 Å². The number of carbonyl (C=O) groups excluding carboxylic acids is 12. The van der Waals surface area contributed by atoms with Crippen molar-refractivity contribution in [3.8, 4) is 0 Å². The van der Waals surface area contributed by atoms with Crippen molar-refractivity contribution in [1.29, 1.82) is 0 Å². The number of hydrogen-bond acceptors (Lipinski definition) is 29. The quantitative estimate of drug-likeness (QED) is 0.0278. The Balaban J connectivity index is 5.03. The van der Waals surface area contributed by atoms with Crippen LogP contribution in [0.1, 0.15) is 163 Å². The highest BCUT2D eigenvalue weighted by atomic mass is 32.2. The fourth-order valence-corrected chi connectivity index (χ4v) is 18.9. The molecule has 29 nitrogen and oxygen atoms in total. The van der Waals surface area contributed by atoms with Crippen LogP contribution in [-0.2, 0) is 85.7 Å². The first-order valence-electron chi connectivity index (χ1n) is 32.9. The first-order valence-corrected chi connectivity index (χ1v) is 39.2. The number of methoxy groups -OCH3 is 6. The predicted molar refractivity (Wildman–Crippen MR) is 394 cm³/mol. The molecule has 1 aliphatic carbocycles. The molecule has 6 amide bonds. The van der Waals surface area contributed by atoms with Gasteiger partial charge >= 0.3 is 66.3 Å². The molecule has 101 heavy (non-hydrogen) atoms. The summed E-state index contributed by atoms with van der Waals surface area (Å²) < 4.78 is 59.5. The summed E-state index contributed by atoms with van der Waals surface area (Å²) in [6.07, 6.45) is -3.53. The smallest absolute Gasteiger partial charge is 0.408 e.